The lowest BCUT2D eigenvalue weighted by Gasteiger charge is -2.29. The van der Waals surface area contributed by atoms with Gasteiger partial charge in [0, 0.05) is 45.5 Å². The smallest absolute Gasteiger partial charge is 0.194 e. The molecule has 1 aromatic carbocycles. The summed E-state index contributed by atoms with van der Waals surface area (Å²) in [7, 11) is 3.80. The van der Waals surface area contributed by atoms with Gasteiger partial charge in [-0.3, -0.25) is 4.99 Å². The van der Waals surface area contributed by atoms with Gasteiger partial charge in [-0.15, -0.1) is 24.0 Å². The fourth-order valence-corrected chi connectivity index (χ4v) is 3.69. The van der Waals surface area contributed by atoms with Crippen molar-refractivity contribution in [2.75, 3.05) is 45.3 Å². The van der Waals surface area contributed by atoms with Gasteiger partial charge in [0.25, 0.3) is 0 Å². The van der Waals surface area contributed by atoms with Crippen LogP contribution in [0.25, 0.3) is 11.3 Å². The molecule has 170 valence electrons. The zero-order valence-electron chi connectivity index (χ0n) is 18.5. The van der Waals surface area contributed by atoms with Crippen LogP contribution >= 0.6 is 24.0 Å². The van der Waals surface area contributed by atoms with Gasteiger partial charge < -0.3 is 24.8 Å². The Kier molecular flexibility index (Phi) is 8.86. The van der Waals surface area contributed by atoms with Gasteiger partial charge in [0.1, 0.15) is 11.6 Å². The molecule has 3 aromatic rings. The van der Waals surface area contributed by atoms with Crippen LogP contribution in [0.15, 0.2) is 59.9 Å². The normalized spacial score (nSPS) is 14.1. The summed E-state index contributed by atoms with van der Waals surface area (Å²) in [5, 5.41) is 3.46. The number of halogens is 1. The topological polar surface area (TPSA) is 81.7 Å². The van der Waals surface area contributed by atoms with Crippen molar-refractivity contribution in [3.05, 3.63) is 66.2 Å². The maximum Gasteiger partial charge on any atom is 0.194 e. The highest BCUT2D eigenvalue weighted by molar-refractivity contribution is 14.0. The number of H-pyrrole nitrogens is 1. The van der Waals surface area contributed by atoms with Crippen molar-refractivity contribution in [2.45, 2.75) is 13.1 Å². The molecule has 1 aliphatic rings. The molecule has 0 amide bonds. The Morgan fingerprint density at radius 2 is 1.94 bits per heavy atom. The third-order valence-corrected chi connectivity index (χ3v) is 5.29. The van der Waals surface area contributed by atoms with E-state index in [1.54, 1.807) is 7.05 Å². The Morgan fingerprint density at radius 1 is 1.16 bits per heavy atom. The van der Waals surface area contributed by atoms with Crippen LogP contribution in [0.1, 0.15) is 11.4 Å². The van der Waals surface area contributed by atoms with E-state index in [2.05, 4.69) is 53.3 Å². The number of rotatable bonds is 6. The Labute approximate surface area is 206 Å². The van der Waals surface area contributed by atoms with E-state index >= 15 is 0 Å². The number of hydrogen-bond acceptors (Lipinski definition) is 5. The summed E-state index contributed by atoms with van der Waals surface area (Å²) in [6, 6.07) is 14.3. The number of pyridine rings is 1. The second-order valence-electron chi connectivity index (χ2n) is 7.45. The molecule has 0 saturated carbocycles. The highest BCUT2D eigenvalue weighted by Crippen LogP contribution is 2.19. The van der Waals surface area contributed by atoms with Gasteiger partial charge in [0.15, 0.2) is 5.96 Å². The quantitative estimate of drug-likeness (QED) is 0.281. The number of imidazole rings is 1. The van der Waals surface area contributed by atoms with Gasteiger partial charge in [-0.2, -0.15) is 0 Å². The SMILES string of the molecule is CN=C(NCc1cccnc1N1CCOCC1)N(C)Cc1ncc(-c2ccccc2)[nH]1.I. The van der Waals surface area contributed by atoms with Gasteiger partial charge in [0.2, 0.25) is 0 Å². The minimum atomic E-state index is 0. The van der Waals surface area contributed by atoms with Crippen LogP contribution in [0.4, 0.5) is 5.82 Å². The third-order valence-electron chi connectivity index (χ3n) is 5.29. The summed E-state index contributed by atoms with van der Waals surface area (Å²) in [6.45, 7) is 4.46. The van der Waals surface area contributed by atoms with E-state index in [-0.39, 0.29) is 24.0 Å². The van der Waals surface area contributed by atoms with E-state index in [9.17, 15) is 0 Å². The molecule has 3 heterocycles. The fourth-order valence-electron chi connectivity index (χ4n) is 3.69. The predicted molar refractivity (Wildman–Crippen MR) is 138 cm³/mol. The number of guanidine groups is 1. The molecule has 0 bridgehead atoms. The molecular weight excluding hydrogens is 517 g/mol. The fraction of sp³-hybridized carbons (Fsp3) is 0.348. The first-order valence-corrected chi connectivity index (χ1v) is 10.5. The number of nitrogens with zero attached hydrogens (tertiary/aromatic N) is 5. The van der Waals surface area contributed by atoms with Gasteiger partial charge >= 0.3 is 0 Å². The Morgan fingerprint density at radius 3 is 2.69 bits per heavy atom. The molecule has 8 nitrogen and oxygen atoms in total. The monoisotopic (exact) mass is 547 g/mol. The molecule has 1 fully saturated rings. The van der Waals surface area contributed by atoms with Crippen molar-refractivity contribution < 1.29 is 4.74 Å². The van der Waals surface area contributed by atoms with E-state index < -0.39 is 0 Å². The van der Waals surface area contributed by atoms with E-state index in [1.165, 1.54) is 0 Å². The van der Waals surface area contributed by atoms with Crippen molar-refractivity contribution in [2.24, 2.45) is 4.99 Å². The van der Waals surface area contributed by atoms with Crippen molar-refractivity contribution in [1.29, 1.82) is 0 Å². The second kappa shape index (κ2) is 11.8. The first-order chi connectivity index (χ1) is 15.2. The molecule has 0 radical (unpaired) electrons. The first-order valence-electron chi connectivity index (χ1n) is 10.5. The molecule has 0 unspecified atom stereocenters. The highest BCUT2D eigenvalue weighted by Gasteiger charge is 2.16. The summed E-state index contributed by atoms with van der Waals surface area (Å²) in [5.41, 5.74) is 3.28. The van der Waals surface area contributed by atoms with Gasteiger partial charge in [-0.05, 0) is 11.6 Å². The minimum Gasteiger partial charge on any atom is -0.378 e. The van der Waals surface area contributed by atoms with Gasteiger partial charge in [-0.25, -0.2) is 9.97 Å². The van der Waals surface area contributed by atoms with Crippen LogP contribution in [-0.4, -0.2) is 66.2 Å². The Hall–Kier alpha value is -2.66. The lowest BCUT2D eigenvalue weighted by molar-refractivity contribution is 0.122. The lowest BCUT2D eigenvalue weighted by Crippen LogP contribution is -2.40. The van der Waals surface area contributed by atoms with Crippen LogP contribution < -0.4 is 10.2 Å². The van der Waals surface area contributed by atoms with E-state index in [4.69, 9.17) is 4.74 Å². The highest BCUT2D eigenvalue weighted by atomic mass is 127. The average Bonchev–Trinajstić information content (AvgIpc) is 3.29. The molecule has 1 saturated heterocycles. The number of aromatic amines is 1. The molecule has 32 heavy (non-hydrogen) atoms. The maximum atomic E-state index is 5.47. The number of ether oxygens (including phenoxy) is 1. The first kappa shape index (κ1) is 24.0. The largest absolute Gasteiger partial charge is 0.378 e. The maximum absolute atomic E-state index is 5.47. The summed E-state index contributed by atoms with van der Waals surface area (Å²) in [6.07, 6.45) is 3.72. The van der Waals surface area contributed by atoms with Crippen molar-refractivity contribution in [1.82, 2.24) is 25.2 Å². The molecule has 1 aliphatic heterocycles. The van der Waals surface area contributed by atoms with Crippen molar-refractivity contribution >= 4 is 35.8 Å². The van der Waals surface area contributed by atoms with Crippen LogP contribution in [-0.2, 0) is 17.8 Å². The van der Waals surface area contributed by atoms with Crippen LogP contribution in [0.5, 0.6) is 0 Å². The van der Waals surface area contributed by atoms with Crippen molar-refractivity contribution in [3.63, 3.8) is 0 Å². The predicted octanol–water partition coefficient (Wildman–Crippen LogP) is 3.13. The zero-order valence-corrected chi connectivity index (χ0v) is 20.8. The number of anilines is 1. The molecule has 4 rings (SSSR count). The number of aliphatic imine (C=N–C) groups is 1. The van der Waals surface area contributed by atoms with Crippen LogP contribution in [0.3, 0.4) is 0 Å². The van der Waals surface area contributed by atoms with Gasteiger partial charge in [0.05, 0.1) is 31.6 Å². The number of hydrogen-bond donors (Lipinski definition) is 2. The Bertz CT molecular complexity index is 1000. The van der Waals surface area contributed by atoms with E-state index in [0.717, 1.165) is 60.7 Å². The van der Waals surface area contributed by atoms with E-state index in [0.29, 0.717) is 13.1 Å². The molecular formula is C23H30IN7O. The molecule has 0 atom stereocenters. The molecule has 2 N–H and O–H groups in total. The van der Waals surface area contributed by atoms with E-state index in [1.807, 2.05) is 43.7 Å². The molecule has 0 aliphatic carbocycles. The van der Waals surface area contributed by atoms with Crippen LogP contribution in [0, 0.1) is 0 Å². The number of benzene rings is 1. The lowest BCUT2D eigenvalue weighted by atomic mass is 10.2. The molecule has 9 heteroatoms. The number of nitrogens with one attached hydrogen (secondary N) is 2. The summed E-state index contributed by atoms with van der Waals surface area (Å²) >= 11 is 0. The summed E-state index contributed by atoms with van der Waals surface area (Å²) in [5.74, 6) is 2.70. The standard InChI is InChI=1S/C23H29N7O.HI/c1-24-23(27-15-19-9-6-10-25-22(19)30-11-13-31-14-12-30)29(2)17-21-26-16-20(28-21)18-7-4-3-5-8-18;/h3-10,16H,11-15,17H2,1-2H3,(H,24,27)(H,26,28);1H. The molecule has 2 aromatic heterocycles. The summed E-state index contributed by atoms with van der Waals surface area (Å²) in [4.78, 5) is 21.3. The van der Waals surface area contributed by atoms with Crippen LogP contribution in [0.2, 0.25) is 0 Å². The number of aromatic nitrogens is 3. The minimum absolute atomic E-state index is 0. The van der Waals surface area contributed by atoms with Gasteiger partial charge in [-0.1, -0.05) is 36.4 Å². The zero-order chi connectivity index (χ0) is 21.5. The average molecular weight is 547 g/mol. The number of morpholine rings is 1. The second-order valence-corrected chi connectivity index (χ2v) is 7.45. The third kappa shape index (κ3) is 5.98. The summed E-state index contributed by atoms with van der Waals surface area (Å²) < 4.78 is 5.47. The molecule has 0 spiro atoms. The van der Waals surface area contributed by atoms with Crippen molar-refractivity contribution in [3.8, 4) is 11.3 Å². The Balaban J connectivity index is 0.00000289.